The van der Waals surface area contributed by atoms with Crippen LogP contribution in [0.3, 0.4) is 0 Å². The Morgan fingerprint density at radius 2 is 1.66 bits per heavy atom. The summed E-state index contributed by atoms with van der Waals surface area (Å²) in [4.78, 5) is 37.0. The van der Waals surface area contributed by atoms with Gasteiger partial charge in [0, 0.05) is 10.7 Å². The van der Waals surface area contributed by atoms with E-state index in [0.29, 0.717) is 10.7 Å². The van der Waals surface area contributed by atoms with Crippen molar-refractivity contribution in [1.82, 2.24) is 10.6 Å². The Kier molecular flexibility index (Phi) is 8.21. The summed E-state index contributed by atoms with van der Waals surface area (Å²) >= 11 is 6.05. The number of hydrogen-bond acceptors (Lipinski definition) is 3. The Hall–Kier alpha value is -2.86. The lowest BCUT2D eigenvalue weighted by Gasteiger charge is -2.21. The molecule has 0 aliphatic carbocycles. The molecule has 154 valence electrons. The fourth-order valence-electron chi connectivity index (χ4n) is 2.76. The molecule has 2 aromatic rings. The standard InChI is InChI=1S/C22H26ClN3O3/c1-14(2)21(26-19(27)12-16-8-5-4-6-9-16)22(29)24-13-20(28)25-18-11-7-10-17(23)15(18)3/h4-11,14,21H,12-13H2,1-3H3,(H,24,29)(H,25,28)(H,26,27)/t21-/m0/s1. The third-order valence-corrected chi connectivity index (χ3v) is 4.85. The quantitative estimate of drug-likeness (QED) is 0.619. The summed E-state index contributed by atoms with van der Waals surface area (Å²) in [5.41, 5.74) is 2.21. The van der Waals surface area contributed by atoms with E-state index in [1.54, 1.807) is 25.1 Å². The molecule has 6 nitrogen and oxygen atoms in total. The molecule has 0 fully saturated rings. The van der Waals surface area contributed by atoms with Gasteiger partial charge in [-0.2, -0.15) is 0 Å². The molecule has 0 radical (unpaired) electrons. The molecule has 7 heteroatoms. The van der Waals surface area contributed by atoms with Crippen molar-refractivity contribution in [2.75, 3.05) is 11.9 Å². The Labute approximate surface area is 176 Å². The summed E-state index contributed by atoms with van der Waals surface area (Å²) in [7, 11) is 0. The normalized spacial score (nSPS) is 11.6. The fraction of sp³-hybridized carbons (Fsp3) is 0.318. The summed E-state index contributed by atoms with van der Waals surface area (Å²) in [6.45, 7) is 5.26. The molecule has 2 rings (SSSR count). The number of anilines is 1. The second-order valence-electron chi connectivity index (χ2n) is 7.13. The second-order valence-corrected chi connectivity index (χ2v) is 7.54. The van der Waals surface area contributed by atoms with Gasteiger partial charge in [-0.25, -0.2) is 0 Å². The van der Waals surface area contributed by atoms with E-state index in [2.05, 4.69) is 16.0 Å². The first-order valence-electron chi connectivity index (χ1n) is 9.44. The minimum absolute atomic E-state index is 0.132. The van der Waals surface area contributed by atoms with Crippen molar-refractivity contribution >= 4 is 35.0 Å². The lowest BCUT2D eigenvalue weighted by atomic mass is 10.0. The Morgan fingerprint density at radius 1 is 0.966 bits per heavy atom. The summed E-state index contributed by atoms with van der Waals surface area (Å²) in [5, 5.41) is 8.61. The number of carbonyl (C=O) groups excluding carboxylic acids is 3. The largest absolute Gasteiger partial charge is 0.345 e. The van der Waals surface area contributed by atoms with Gasteiger partial charge in [-0.05, 0) is 36.1 Å². The van der Waals surface area contributed by atoms with Gasteiger partial charge in [0.2, 0.25) is 17.7 Å². The van der Waals surface area contributed by atoms with Crippen LogP contribution in [-0.4, -0.2) is 30.3 Å². The molecule has 0 unspecified atom stereocenters. The summed E-state index contributed by atoms with van der Waals surface area (Å²) in [6.07, 6.45) is 0.186. The molecule has 0 aliphatic heterocycles. The van der Waals surface area contributed by atoms with E-state index in [9.17, 15) is 14.4 Å². The SMILES string of the molecule is Cc1c(Cl)cccc1NC(=O)CNC(=O)[C@@H](NC(=O)Cc1ccccc1)C(C)C. The number of nitrogens with one attached hydrogen (secondary N) is 3. The molecular formula is C22H26ClN3O3. The molecule has 0 aliphatic rings. The molecular weight excluding hydrogens is 390 g/mol. The van der Waals surface area contributed by atoms with E-state index in [1.807, 2.05) is 44.2 Å². The van der Waals surface area contributed by atoms with Gasteiger partial charge in [-0.15, -0.1) is 0 Å². The van der Waals surface area contributed by atoms with Crippen LogP contribution >= 0.6 is 11.6 Å². The van der Waals surface area contributed by atoms with E-state index >= 15 is 0 Å². The maximum absolute atomic E-state index is 12.5. The predicted molar refractivity (Wildman–Crippen MR) is 115 cm³/mol. The fourth-order valence-corrected chi connectivity index (χ4v) is 2.93. The Morgan fingerprint density at radius 3 is 2.31 bits per heavy atom. The Balaban J connectivity index is 1.89. The maximum atomic E-state index is 12.5. The smallest absolute Gasteiger partial charge is 0.243 e. The third-order valence-electron chi connectivity index (χ3n) is 4.44. The molecule has 0 aromatic heterocycles. The van der Waals surface area contributed by atoms with Crippen molar-refractivity contribution in [3.8, 4) is 0 Å². The van der Waals surface area contributed by atoms with E-state index < -0.39 is 11.9 Å². The zero-order chi connectivity index (χ0) is 21.4. The van der Waals surface area contributed by atoms with Gasteiger partial charge in [-0.3, -0.25) is 14.4 Å². The number of benzene rings is 2. The number of amides is 3. The van der Waals surface area contributed by atoms with Crippen LogP contribution in [0.4, 0.5) is 5.69 Å². The van der Waals surface area contributed by atoms with Gasteiger partial charge in [0.25, 0.3) is 0 Å². The predicted octanol–water partition coefficient (Wildman–Crippen LogP) is 3.09. The van der Waals surface area contributed by atoms with Crippen molar-refractivity contribution in [2.24, 2.45) is 5.92 Å². The summed E-state index contributed by atoms with van der Waals surface area (Å²) in [5.74, 6) is -1.15. The monoisotopic (exact) mass is 415 g/mol. The van der Waals surface area contributed by atoms with Gasteiger partial charge in [-0.1, -0.05) is 61.8 Å². The van der Waals surface area contributed by atoms with Gasteiger partial charge >= 0.3 is 0 Å². The second kappa shape index (κ2) is 10.6. The first-order valence-corrected chi connectivity index (χ1v) is 9.81. The number of rotatable bonds is 8. The highest BCUT2D eigenvalue weighted by atomic mass is 35.5. The van der Waals surface area contributed by atoms with Crippen molar-refractivity contribution in [1.29, 1.82) is 0 Å². The van der Waals surface area contributed by atoms with Gasteiger partial charge in [0.1, 0.15) is 6.04 Å². The van der Waals surface area contributed by atoms with Crippen molar-refractivity contribution in [2.45, 2.75) is 33.2 Å². The van der Waals surface area contributed by atoms with E-state index in [-0.39, 0.29) is 30.7 Å². The van der Waals surface area contributed by atoms with Crippen LogP contribution in [0.5, 0.6) is 0 Å². The molecule has 0 bridgehead atoms. The van der Waals surface area contributed by atoms with Gasteiger partial charge < -0.3 is 16.0 Å². The number of hydrogen-bond donors (Lipinski definition) is 3. The van der Waals surface area contributed by atoms with Crippen molar-refractivity contribution in [3.05, 3.63) is 64.7 Å². The molecule has 0 spiro atoms. The topological polar surface area (TPSA) is 87.3 Å². The first kappa shape index (κ1) is 22.4. The lowest BCUT2D eigenvalue weighted by Crippen LogP contribution is -2.51. The zero-order valence-electron chi connectivity index (χ0n) is 16.8. The van der Waals surface area contributed by atoms with Crippen LogP contribution in [0.1, 0.15) is 25.0 Å². The molecule has 0 heterocycles. The first-order chi connectivity index (χ1) is 13.8. The van der Waals surface area contributed by atoms with Gasteiger partial charge in [0.15, 0.2) is 0 Å². The molecule has 0 saturated carbocycles. The highest BCUT2D eigenvalue weighted by molar-refractivity contribution is 6.31. The van der Waals surface area contributed by atoms with E-state index in [4.69, 9.17) is 11.6 Å². The summed E-state index contributed by atoms with van der Waals surface area (Å²) < 4.78 is 0. The van der Waals surface area contributed by atoms with Crippen LogP contribution in [0.15, 0.2) is 48.5 Å². The molecule has 0 saturated heterocycles. The Bertz CT molecular complexity index is 869. The van der Waals surface area contributed by atoms with Crippen LogP contribution in [0, 0.1) is 12.8 Å². The highest BCUT2D eigenvalue weighted by Gasteiger charge is 2.24. The summed E-state index contributed by atoms with van der Waals surface area (Å²) in [6, 6.07) is 13.8. The van der Waals surface area contributed by atoms with E-state index in [0.717, 1.165) is 11.1 Å². The van der Waals surface area contributed by atoms with Crippen molar-refractivity contribution < 1.29 is 14.4 Å². The van der Waals surface area contributed by atoms with Crippen LogP contribution in [0.25, 0.3) is 0 Å². The van der Waals surface area contributed by atoms with Crippen LogP contribution in [-0.2, 0) is 20.8 Å². The molecule has 29 heavy (non-hydrogen) atoms. The average molecular weight is 416 g/mol. The third kappa shape index (κ3) is 6.91. The number of carbonyl (C=O) groups is 3. The minimum Gasteiger partial charge on any atom is -0.345 e. The molecule has 3 amide bonds. The van der Waals surface area contributed by atoms with Crippen molar-refractivity contribution in [3.63, 3.8) is 0 Å². The molecule has 1 atom stereocenters. The highest BCUT2D eigenvalue weighted by Crippen LogP contribution is 2.22. The minimum atomic E-state index is -0.730. The van der Waals surface area contributed by atoms with Gasteiger partial charge in [0.05, 0.1) is 13.0 Å². The maximum Gasteiger partial charge on any atom is 0.243 e. The molecule has 3 N–H and O–H groups in total. The van der Waals surface area contributed by atoms with Crippen LogP contribution < -0.4 is 16.0 Å². The van der Waals surface area contributed by atoms with Crippen LogP contribution in [0.2, 0.25) is 5.02 Å². The lowest BCUT2D eigenvalue weighted by molar-refractivity contribution is -0.130. The number of halogens is 1. The zero-order valence-corrected chi connectivity index (χ0v) is 17.5. The average Bonchev–Trinajstić information content (AvgIpc) is 2.68. The van der Waals surface area contributed by atoms with E-state index in [1.165, 1.54) is 0 Å². The molecule has 2 aromatic carbocycles.